The van der Waals surface area contributed by atoms with Gasteiger partial charge in [0.15, 0.2) is 0 Å². The number of hydrogen-bond donors (Lipinski definition) is 0. The molecule has 1 heterocycles. The van der Waals surface area contributed by atoms with Crippen LogP contribution >= 0.6 is 0 Å². The summed E-state index contributed by atoms with van der Waals surface area (Å²) in [6.07, 6.45) is 0.0636. The maximum atomic E-state index is 12.8. The minimum Gasteiger partial charge on any atom is -0.300 e. The molecule has 0 aromatic heterocycles. The third-order valence-corrected chi connectivity index (χ3v) is 3.07. The summed E-state index contributed by atoms with van der Waals surface area (Å²) in [6, 6.07) is 0.427. The first-order valence-electron chi connectivity index (χ1n) is 5.04. The van der Waals surface area contributed by atoms with Gasteiger partial charge in [-0.25, -0.2) is 8.78 Å². The van der Waals surface area contributed by atoms with E-state index in [2.05, 4.69) is 25.7 Å². The predicted octanol–water partition coefficient (Wildman–Crippen LogP) is 2.76. The lowest BCUT2D eigenvalue weighted by Crippen LogP contribution is -2.45. The van der Waals surface area contributed by atoms with Gasteiger partial charge in [0.05, 0.1) is 0 Å². The van der Waals surface area contributed by atoms with Gasteiger partial charge in [0, 0.05) is 32.0 Å². The first-order chi connectivity index (χ1) is 5.92. The van der Waals surface area contributed by atoms with Crippen LogP contribution in [0.5, 0.6) is 0 Å². The number of alkyl halides is 2. The van der Waals surface area contributed by atoms with Crippen molar-refractivity contribution in [2.45, 2.75) is 45.6 Å². The number of rotatable bonds is 2. The van der Waals surface area contributed by atoms with Crippen molar-refractivity contribution in [2.24, 2.45) is 5.92 Å². The van der Waals surface area contributed by atoms with Crippen LogP contribution in [0.1, 0.15) is 33.6 Å². The Kier molecular flexibility index (Phi) is 3.28. The second-order valence-electron chi connectivity index (χ2n) is 4.38. The maximum absolute atomic E-state index is 12.8. The van der Waals surface area contributed by atoms with Crippen LogP contribution in [0.25, 0.3) is 0 Å². The van der Waals surface area contributed by atoms with Crippen LogP contribution in [0, 0.1) is 5.92 Å². The fourth-order valence-electron chi connectivity index (χ4n) is 1.68. The second-order valence-corrected chi connectivity index (χ2v) is 4.38. The third kappa shape index (κ3) is 2.90. The minimum atomic E-state index is -2.41. The van der Waals surface area contributed by atoms with Crippen molar-refractivity contribution in [1.29, 1.82) is 0 Å². The Balaban J connectivity index is 2.41. The highest BCUT2D eigenvalue weighted by molar-refractivity contribution is 4.81. The number of likely N-dealkylation sites (tertiary alicyclic amines) is 1. The van der Waals surface area contributed by atoms with E-state index in [9.17, 15) is 8.78 Å². The summed E-state index contributed by atoms with van der Waals surface area (Å²) in [5.41, 5.74) is 0. The van der Waals surface area contributed by atoms with Crippen LogP contribution in [0.4, 0.5) is 8.78 Å². The highest BCUT2D eigenvalue weighted by atomic mass is 19.3. The van der Waals surface area contributed by atoms with Crippen molar-refractivity contribution in [2.75, 3.05) is 13.1 Å². The maximum Gasteiger partial charge on any atom is 0.250 e. The molecule has 0 aromatic carbocycles. The normalized spacial score (nSPS) is 26.3. The van der Waals surface area contributed by atoms with Gasteiger partial charge in [0.1, 0.15) is 0 Å². The van der Waals surface area contributed by atoms with Gasteiger partial charge < -0.3 is 0 Å². The first kappa shape index (κ1) is 10.9. The molecule has 1 rings (SSSR count). The van der Waals surface area contributed by atoms with Crippen molar-refractivity contribution >= 4 is 0 Å². The van der Waals surface area contributed by atoms with Gasteiger partial charge in [-0.15, -0.1) is 0 Å². The van der Waals surface area contributed by atoms with Crippen molar-refractivity contribution in [3.63, 3.8) is 0 Å². The lowest BCUT2D eigenvalue weighted by Gasteiger charge is -2.37. The summed E-state index contributed by atoms with van der Waals surface area (Å²) in [6.45, 7) is 7.49. The van der Waals surface area contributed by atoms with E-state index < -0.39 is 5.92 Å². The van der Waals surface area contributed by atoms with Crippen LogP contribution in [0.3, 0.4) is 0 Å². The largest absolute Gasteiger partial charge is 0.300 e. The Bertz CT molecular complexity index is 158. The van der Waals surface area contributed by atoms with Crippen molar-refractivity contribution in [1.82, 2.24) is 4.90 Å². The Hall–Kier alpha value is -0.180. The Morgan fingerprint density at radius 2 is 1.54 bits per heavy atom. The number of halogens is 2. The van der Waals surface area contributed by atoms with E-state index in [4.69, 9.17) is 0 Å². The molecule has 0 aromatic rings. The van der Waals surface area contributed by atoms with Gasteiger partial charge in [0.2, 0.25) is 0 Å². The van der Waals surface area contributed by atoms with Crippen LogP contribution in [-0.4, -0.2) is 30.0 Å². The molecule has 0 aliphatic carbocycles. The highest BCUT2D eigenvalue weighted by Gasteiger charge is 2.35. The zero-order chi connectivity index (χ0) is 10.1. The molecule has 0 spiro atoms. The molecule has 78 valence electrons. The quantitative estimate of drug-likeness (QED) is 0.648. The zero-order valence-corrected chi connectivity index (χ0v) is 8.69. The Morgan fingerprint density at radius 1 is 1.08 bits per heavy atom. The molecule has 1 saturated heterocycles. The summed E-state index contributed by atoms with van der Waals surface area (Å²) < 4.78 is 25.6. The van der Waals surface area contributed by atoms with Crippen LogP contribution in [0.2, 0.25) is 0 Å². The number of piperidine rings is 1. The predicted molar refractivity (Wildman–Crippen MR) is 50.1 cm³/mol. The van der Waals surface area contributed by atoms with Gasteiger partial charge in [-0.2, -0.15) is 0 Å². The molecule has 0 N–H and O–H groups in total. The molecule has 0 bridgehead atoms. The lowest BCUT2D eigenvalue weighted by atomic mass is 9.99. The molecule has 1 aliphatic rings. The number of nitrogens with zero attached hydrogens (tertiary/aromatic N) is 1. The molecule has 1 atom stereocenters. The smallest absolute Gasteiger partial charge is 0.250 e. The first-order valence-corrected chi connectivity index (χ1v) is 5.04. The van der Waals surface area contributed by atoms with Crippen LogP contribution in [-0.2, 0) is 0 Å². The average Bonchev–Trinajstić information content (AvgIpc) is 2.03. The third-order valence-electron chi connectivity index (χ3n) is 3.07. The lowest BCUT2D eigenvalue weighted by molar-refractivity contribution is -0.0649. The zero-order valence-electron chi connectivity index (χ0n) is 8.69. The summed E-state index contributed by atoms with van der Waals surface area (Å²) in [7, 11) is 0. The van der Waals surface area contributed by atoms with Gasteiger partial charge in [-0.1, -0.05) is 13.8 Å². The summed E-state index contributed by atoms with van der Waals surface area (Å²) >= 11 is 0. The molecule has 13 heavy (non-hydrogen) atoms. The molecule has 0 radical (unpaired) electrons. The van der Waals surface area contributed by atoms with Gasteiger partial charge >= 0.3 is 0 Å². The monoisotopic (exact) mass is 191 g/mol. The van der Waals surface area contributed by atoms with E-state index >= 15 is 0 Å². The molecule has 1 aliphatic heterocycles. The van der Waals surface area contributed by atoms with Crippen LogP contribution < -0.4 is 0 Å². The topological polar surface area (TPSA) is 3.24 Å². The molecular weight excluding hydrogens is 172 g/mol. The molecule has 1 nitrogen and oxygen atoms in total. The van der Waals surface area contributed by atoms with Crippen molar-refractivity contribution in [3.05, 3.63) is 0 Å². The summed E-state index contributed by atoms with van der Waals surface area (Å²) in [5, 5.41) is 0. The van der Waals surface area contributed by atoms with E-state index in [1.54, 1.807) is 0 Å². The summed E-state index contributed by atoms with van der Waals surface area (Å²) in [4.78, 5) is 2.17. The van der Waals surface area contributed by atoms with E-state index in [1.165, 1.54) is 0 Å². The molecule has 1 fully saturated rings. The van der Waals surface area contributed by atoms with E-state index in [-0.39, 0.29) is 12.8 Å². The van der Waals surface area contributed by atoms with Crippen molar-refractivity contribution in [3.8, 4) is 0 Å². The van der Waals surface area contributed by atoms with Crippen molar-refractivity contribution < 1.29 is 8.78 Å². The molecule has 1 unspecified atom stereocenters. The van der Waals surface area contributed by atoms with Gasteiger partial charge in [-0.05, 0) is 12.8 Å². The average molecular weight is 191 g/mol. The molecule has 0 saturated carbocycles. The summed E-state index contributed by atoms with van der Waals surface area (Å²) in [5.74, 6) is -1.86. The standard InChI is InChI=1S/C10H19F2N/c1-8(2)9(3)13-6-4-10(11,12)5-7-13/h8-9H,4-7H2,1-3H3. The van der Waals surface area contributed by atoms with E-state index in [0.717, 1.165) is 0 Å². The molecular formula is C10H19F2N. The minimum absolute atomic E-state index is 0.0318. The van der Waals surface area contributed by atoms with Gasteiger partial charge in [-0.3, -0.25) is 4.90 Å². The molecule has 3 heteroatoms. The fourth-order valence-corrected chi connectivity index (χ4v) is 1.68. The van der Waals surface area contributed by atoms with E-state index in [0.29, 0.717) is 25.0 Å². The SMILES string of the molecule is CC(C)C(C)N1CCC(F)(F)CC1. The Morgan fingerprint density at radius 3 is 1.92 bits per heavy atom. The van der Waals surface area contributed by atoms with Gasteiger partial charge in [0.25, 0.3) is 5.92 Å². The van der Waals surface area contributed by atoms with Crippen LogP contribution in [0.15, 0.2) is 0 Å². The highest BCUT2D eigenvalue weighted by Crippen LogP contribution is 2.29. The Labute approximate surface area is 79.1 Å². The van der Waals surface area contributed by atoms with E-state index in [1.807, 2.05) is 0 Å². The fraction of sp³-hybridized carbons (Fsp3) is 1.00. The molecule has 0 amide bonds. The second kappa shape index (κ2) is 3.91. The number of hydrogen-bond acceptors (Lipinski definition) is 1.